The maximum atomic E-state index is 6.70. The average Bonchev–Trinajstić information content (AvgIpc) is 3.35. The molecule has 0 bridgehead atoms. The molecule has 7 nitrogen and oxygen atoms in total. The van der Waals surface area contributed by atoms with Crippen molar-refractivity contribution in [2.75, 3.05) is 19.5 Å². The van der Waals surface area contributed by atoms with E-state index >= 15 is 0 Å². The number of hydrogen-bond acceptors (Lipinski definition) is 6. The lowest BCUT2D eigenvalue weighted by atomic mass is 9.84. The average molecular weight is 487 g/mol. The molecule has 1 N–H and O–H groups in total. The van der Waals surface area contributed by atoms with Crippen LogP contribution in [0, 0.1) is 6.92 Å². The molecule has 0 amide bonds. The lowest BCUT2D eigenvalue weighted by Crippen LogP contribution is -2.32. The zero-order chi connectivity index (χ0) is 24.1. The van der Waals surface area contributed by atoms with Crippen LogP contribution in [-0.2, 0) is 0 Å². The van der Waals surface area contributed by atoms with Gasteiger partial charge in [0.15, 0.2) is 17.6 Å². The Balaban J connectivity index is 1.65. The lowest BCUT2D eigenvalue weighted by molar-refractivity contribution is 0.216. The van der Waals surface area contributed by atoms with E-state index in [0.717, 1.165) is 28.0 Å². The second-order valence-electron chi connectivity index (χ2n) is 8.52. The third kappa shape index (κ3) is 3.42. The fourth-order valence-electron chi connectivity index (χ4n) is 4.89. The number of benzene rings is 3. The quantitative estimate of drug-likeness (QED) is 0.392. The summed E-state index contributed by atoms with van der Waals surface area (Å²) in [5.74, 6) is 2.62. The van der Waals surface area contributed by atoms with Gasteiger partial charge < -0.3 is 19.5 Å². The van der Waals surface area contributed by atoms with Crippen LogP contribution in [-0.4, -0.2) is 29.0 Å². The maximum Gasteiger partial charge on any atom is 0.226 e. The number of methoxy groups -OCH3 is 2. The zero-order valence-corrected chi connectivity index (χ0v) is 20.2. The number of para-hydroxylation sites is 1. The molecular weight excluding hydrogens is 464 g/mol. The number of aromatic nitrogens is 3. The predicted octanol–water partition coefficient (Wildman–Crippen LogP) is 5.82. The highest BCUT2D eigenvalue weighted by Crippen LogP contribution is 2.53. The number of nitrogens with one attached hydrogen (secondary N) is 1. The predicted molar refractivity (Wildman–Crippen MR) is 134 cm³/mol. The minimum absolute atomic E-state index is 0.266. The molecule has 2 aliphatic rings. The van der Waals surface area contributed by atoms with Crippen LogP contribution in [0.4, 0.5) is 5.95 Å². The van der Waals surface area contributed by atoms with E-state index in [1.807, 2.05) is 41.1 Å². The summed E-state index contributed by atoms with van der Waals surface area (Å²) in [6, 6.07) is 19.6. The molecule has 0 aliphatic carbocycles. The van der Waals surface area contributed by atoms with Crippen molar-refractivity contribution in [1.82, 2.24) is 14.8 Å². The van der Waals surface area contributed by atoms with Crippen LogP contribution in [0.2, 0.25) is 5.02 Å². The molecule has 1 aromatic heterocycles. The molecule has 35 heavy (non-hydrogen) atoms. The highest BCUT2D eigenvalue weighted by atomic mass is 35.5. The first-order valence-corrected chi connectivity index (χ1v) is 11.6. The topological polar surface area (TPSA) is 70.4 Å². The summed E-state index contributed by atoms with van der Waals surface area (Å²) in [5.41, 5.74) is 5.85. The van der Waals surface area contributed by atoms with E-state index in [1.165, 1.54) is 5.56 Å². The Bertz CT molecular complexity index is 1460. The van der Waals surface area contributed by atoms with Gasteiger partial charge in [-0.3, -0.25) is 0 Å². The van der Waals surface area contributed by atoms with E-state index in [1.54, 1.807) is 20.5 Å². The number of fused-ring (bicyclic) bond motifs is 3. The maximum absolute atomic E-state index is 6.70. The van der Waals surface area contributed by atoms with Crippen LogP contribution in [0.15, 0.2) is 72.6 Å². The van der Waals surface area contributed by atoms with Crippen molar-refractivity contribution in [2.45, 2.75) is 19.1 Å². The standard InChI is InChI=1S/C27H23ClN4O3/c1-15-7-9-16(10-8-15)24-22-23(31-27-29-14-30-32(24)27)19-13-17(28)11-12-20(19)35-26(22)18-5-4-6-21(33-2)25(18)34-3/h4-14,24,26H,1-3H3,(H,29,30,31)/t24-,26+/m0/s1. The van der Waals surface area contributed by atoms with Gasteiger partial charge in [0.2, 0.25) is 5.95 Å². The second kappa shape index (κ2) is 8.36. The van der Waals surface area contributed by atoms with Crippen molar-refractivity contribution in [1.29, 1.82) is 0 Å². The third-order valence-corrected chi connectivity index (χ3v) is 6.72. The Morgan fingerprint density at radius 1 is 1.03 bits per heavy atom. The molecule has 8 heteroatoms. The number of hydrogen-bond donors (Lipinski definition) is 1. The van der Waals surface area contributed by atoms with E-state index in [-0.39, 0.29) is 6.04 Å². The lowest BCUT2D eigenvalue weighted by Gasteiger charge is -2.39. The van der Waals surface area contributed by atoms with E-state index in [9.17, 15) is 0 Å². The summed E-state index contributed by atoms with van der Waals surface area (Å²) in [4.78, 5) is 4.48. The highest BCUT2D eigenvalue weighted by molar-refractivity contribution is 6.30. The minimum atomic E-state index is -0.486. The van der Waals surface area contributed by atoms with Crippen molar-refractivity contribution >= 4 is 23.2 Å². The zero-order valence-electron chi connectivity index (χ0n) is 19.4. The van der Waals surface area contributed by atoms with Crippen molar-refractivity contribution in [3.05, 3.63) is 99.8 Å². The second-order valence-corrected chi connectivity index (χ2v) is 8.95. The van der Waals surface area contributed by atoms with Gasteiger partial charge >= 0.3 is 0 Å². The number of anilines is 1. The molecule has 0 saturated carbocycles. The third-order valence-electron chi connectivity index (χ3n) is 6.48. The molecule has 6 rings (SSSR count). The molecule has 0 spiro atoms. The molecule has 3 aromatic carbocycles. The van der Waals surface area contributed by atoms with E-state index < -0.39 is 6.10 Å². The van der Waals surface area contributed by atoms with E-state index in [0.29, 0.717) is 28.2 Å². The molecule has 0 fully saturated rings. The van der Waals surface area contributed by atoms with Crippen LogP contribution >= 0.6 is 11.6 Å². The molecule has 4 aromatic rings. The van der Waals surface area contributed by atoms with Gasteiger partial charge in [-0.15, -0.1) is 0 Å². The van der Waals surface area contributed by atoms with Gasteiger partial charge in [-0.25, -0.2) is 4.68 Å². The van der Waals surface area contributed by atoms with E-state index in [4.69, 9.17) is 25.8 Å². The van der Waals surface area contributed by atoms with Gasteiger partial charge in [0.25, 0.3) is 0 Å². The monoisotopic (exact) mass is 486 g/mol. The molecular formula is C27H23ClN4O3. The molecule has 176 valence electrons. The number of halogens is 1. The van der Waals surface area contributed by atoms with Gasteiger partial charge in [-0.05, 0) is 36.8 Å². The molecule has 0 saturated heterocycles. The van der Waals surface area contributed by atoms with Gasteiger partial charge in [-0.2, -0.15) is 10.1 Å². The summed E-state index contributed by atoms with van der Waals surface area (Å²) in [7, 11) is 3.27. The van der Waals surface area contributed by atoms with Gasteiger partial charge in [0.1, 0.15) is 18.1 Å². The van der Waals surface area contributed by atoms with Crippen LogP contribution in [0.1, 0.15) is 34.4 Å². The Kier molecular flexibility index (Phi) is 5.15. The van der Waals surface area contributed by atoms with Crippen LogP contribution in [0.25, 0.3) is 5.70 Å². The van der Waals surface area contributed by atoms with Crippen LogP contribution < -0.4 is 19.5 Å². The SMILES string of the molecule is COc1cccc([C@H]2Oc3ccc(Cl)cc3C3=C2[C@H](c2ccc(C)cc2)n2ncnc2N3)c1OC. The summed E-state index contributed by atoms with van der Waals surface area (Å²) < 4.78 is 20.0. The van der Waals surface area contributed by atoms with Gasteiger partial charge in [0, 0.05) is 21.7 Å². The van der Waals surface area contributed by atoms with Crippen LogP contribution in [0.3, 0.4) is 0 Å². The summed E-state index contributed by atoms with van der Waals surface area (Å²) in [6.07, 6.45) is 1.07. The largest absolute Gasteiger partial charge is 0.493 e. The summed E-state index contributed by atoms with van der Waals surface area (Å²) in [5, 5.41) is 8.70. The number of ether oxygens (including phenoxy) is 3. The summed E-state index contributed by atoms with van der Waals surface area (Å²) >= 11 is 6.42. The molecule has 0 radical (unpaired) electrons. The number of rotatable bonds is 4. The van der Waals surface area contributed by atoms with Crippen molar-refractivity contribution < 1.29 is 14.2 Å². The van der Waals surface area contributed by atoms with Gasteiger partial charge in [-0.1, -0.05) is 53.6 Å². The Morgan fingerprint density at radius 3 is 2.63 bits per heavy atom. The van der Waals surface area contributed by atoms with E-state index in [2.05, 4.69) is 46.6 Å². The first kappa shape index (κ1) is 21.6. The first-order valence-electron chi connectivity index (χ1n) is 11.2. The smallest absolute Gasteiger partial charge is 0.226 e. The van der Waals surface area contributed by atoms with Crippen LogP contribution in [0.5, 0.6) is 17.2 Å². The van der Waals surface area contributed by atoms with Crippen molar-refractivity contribution in [3.63, 3.8) is 0 Å². The normalized spacial score (nSPS) is 18.1. The first-order chi connectivity index (χ1) is 17.1. The fraction of sp³-hybridized carbons (Fsp3) is 0.185. The molecule has 0 unspecified atom stereocenters. The Morgan fingerprint density at radius 2 is 1.86 bits per heavy atom. The summed E-state index contributed by atoms with van der Waals surface area (Å²) in [6.45, 7) is 2.07. The fourth-order valence-corrected chi connectivity index (χ4v) is 5.06. The minimum Gasteiger partial charge on any atom is -0.493 e. The van der Waals surface area contributed by atoms with Gasteiger partial charge in [0.05, 0.1) is 19.9 Å². The van der Waals surface area contributed by atoms with Crippen molar-refractivity contribution in [3.8, 4) is 17.2 Å². The molecule has 2 atom stereocenters. The number of aryl methyl sites for hydroxylation is 1. The highest BCUT2D eigenvalue weighted by Gasteiger charge is 2.42. The molecule has 3 heterocycles. The number of nitrogens with zero attached hydrogens (tertiary/aromatic N) is 3. The Labute approximate surface area is 207 Å². The van der Waals surface area contributed by atoms with Crippen molar-refractivity contribution in [2.24, 2.45) is 0 Å². The Hall–Kier alpha value is -3.97. The molecule has 2 aliphatic heterocycles.